The van der Waals surface area contributed by atoms with Gasteiger partial charge in [-0.1, -0.05) is 116 Å². The highest BCUT2D eigenvalue weighted by atomic mass is 15.3. The highest BCUT2D eigenvalue weighted by Crippen LogP contribution is 2.43. The van der Waals surface area contributed by atoms with E-state index in [0.29, 0.717) is 23.7 Å². The van der Waals surface area contributed by atoms with Crippen molar-refractivity contribution in [1.29, 1.82) is 0 Å². The van der Waals surface area contributed by atoms with E-state index >= 15 is 0 Å². The zero-order chi connectivity index (χ0) is 28.6. The molecular formula is C35H50BN3. The van der Waals surface area contributed by atoms with Gasteiger partial charge in [0.25, 0.3) is 0 Å². The predicted octanol–water partition coefficient (Wildman–Crippen LogP) is 8.89. The fourth-order valence-electron chi connectivity index (χ4n) is 6.08. The molecule has 0 fully saturated rings. The topological polar surface area (TPSA) is 27.3 Å². The first-order valence-electron chi connectivity index (χ1n) is 15.0. The molecule has 1 atom stereocenters. The van der Waals surface area contributed by atoms with Crippen LogP contribution in [-0.4, -0.2) is 12.5 Å². The number of nitrogens with one attached hydrogen (secondary N) is 2. The van der Waals surface area contributed by atoms with E-state index in [1.165, 1.54) is 44.7 Å². The molecule has 0 radical (unpaired) electrons. The summed E-state index contributed by atoms with van der Waals surface area (Å²) in [6.07, 6.45) is 0.0461. The standard InChI is InChI=1S/C35H50BN3/c1-22(2)26-17-14-18-27(23(3)4)32(26)38-36-31-21-13-12-16-30(31)34(37-35(9,10)11)39(36)33-28(24(5)6)19-15-20-29(33)25(7)8/h12-25,34,37-38H,1-11H3/t34-/m0/s1. The summed E-state index contributed by atoms with van der Waals surface area (Å²) in [4.78, 5) is 2.67. The molecule has 0 aliphatic carbocycles. The molecule has 0 amide bonds. The van der Waals surface area contributed by atoms with Gasteiger partial charge in [0, 0.05) is 16.9 Å². The minimum atomic E-state index is -0.0609. The molecule has 0 bridgehead atoms. The van der Waals surface area contributed by atoms with E-state index in [1.807, 2.05) is 0 Å². The normalized spacial score (nSPS) is 15.7. The lowest BCUT2D eigenvalue weighted by Crippen LogP contribution is -2.54. The summed E-state index contributed by atoms with van der Waals surface area (Å²) in [7, 11) is 0. The van der Waals surface area contributed by atoms with Crippen LogP contribution < -0.4 is 20.8 Å². The van der Waals surface area contributed by atoms with Crippen molar-refractivity contribution in [2.75, 3.05) is 10.0 Å². The smallest absolute Gasteiger partial charge is 0.405 e. The van der Waals surface area contributed by atoms with Gasteiger partial charge in [0.2, 0.25) is 0 Å². The van der Waals surface area contributed by atoms with Crippen LogP contribution in [0.3, 0.4) is 0 Å². The molecule has 0 saturated heterocycles. The van der Waals surface area contributed by atoms with Crippen molar-refractivity contribution in [3.63, 3.8) is 0 Å². The van der Waals surface area contributed by atoms with Gasteiger partial charge in [0.15, 0.2) is 0 Å². The van der Waals surface area contributed by atoms with Crippen molar-refractivity contribution in [1.82, 2.24) is 5.32 Å². The molecule has 39 heavy (non-hydrogen) atoms. The van der Waals surface area contributed by atoms with Crippen molar-refractivity contribution in [3.8, 4) is 0 Å². The lowest BCUT2D eigenvalue weighted by Gasteiger charge is -2.40. The molecule has 4 heteroatoms. The van der Waals surface area contributed by atoms with Crippen LogP contribution in [0.4, 0.5) is 11.4 Å². The van der Waals surface area contributed by atoms with Crippen LogP contribution in [0.15, 0.2) is 60.7 Å². The Balaban J connectivity index is 2.03. The number of fused-ring (bicyclic) bond motifs is 1. The van der Waals surface area contributed by atoms with Crippen molar-refractivity contribution in [2.24, 2.45) is 0 Å². The largest absolute Gasteiger partial charge is 0.410 e. The van der Waals surface area contributed by atoms with Gasteiger partial charge in [-0.25, -0.2) is 0 Å². The zero-order valence-corrected chi connectivity index (χ0v) is 26.2. The maximum Gasteiger partial charge on any atom is 0.410 e. The van der Waals surface area contributed by atoms with Gasteiger partial charge in [0.05, 0.1) is 6.17 Å². The third kappa shape index (κ3) is 5.92. The molecule has 0 unspecified atom stereocenters. The highest BCUT2D eigenvalue weighted by molar-refractivity contribution is 6.81. The second kappa shape index (κ2) is 11.4. The summed E-state index contributed by atoms with van der Waals surface area (Å²) in [6, 6.07) is 22.8. The van der Waals surface area contributed by atoms with E-state index in [0.717, 1.165) is 0 Å². The summed E-state index contributed by atoms with van der Waals surface area (Å²) in [5, 5.41) is 8.21. The number of rotatable bonds is 8. The summed E-state index contributed by atoms with van der Waals surface area (Å²) in [5.74, 6) is 1.67. The van der Waals surface area contributed by atoms with Gasteiger partial charge in [-0.15, -0.1) is 0 Å². The SMILES string of the molecule is CC(C)c1cccc(C(C)C)c1NB1c2ccccc2[C@@H](NC(C)(C)C)N1c1c(C(C)C)cccc1C(C)C. The third-order valence-electron chi connectivity index (χ3n) is 7.97. The van der Waals surface area contributed by atoms with Crippen molar-refractivity contribution in [3.05, 3.63) is 88.5 Å². The molecular weight excluding hydrogens is 473 g/mol. The third-order valence-corrected chi connectivity index (χ3v) is 7.97. The number of anilines is 2. The Morgan fingerprint density at radius 1 is 0.641 bits per heavy atom. The lowest BCUT2D eigenvalue weighted by molar-refractivity contribution is 0.373. The van der Waals surface area contributed by atoms with Crippen LogP contribution in [0.1, 0.15) is 134 Å². The fraction of sp³-hybridized carbons (Fsp3) is 0.486. The highest BCUT2D eigenvalue weighted by Gasteiger charge is 2.45. The molecule has 1 heterocycles. The molecule has 0 spiro atoms. The van der Waals surface area contributed by atoms with Gasteiger partial charge in [-0.2, -0.15) is 0 Å². The maximum atomic E-state index is 4.18. The van der Waals surface area contributed by atoms with E-state index < -0.39 is 0 Å². The van der Waals surface area contributed by atoms with Crippen LogP contribution in [-0.2, 0) is 0 Å². The van der Waals surface area contributed by atoms with Crippen LogP contribution in [0.25, 0.3) is 0 Å². The summed E-state index contributed by atoms with van der Waals surface area (Å²) >= 11 is 0. The van der Waals surface area contributed by atoms with E-state index in [4.69, 9.17) is 0 Å². The first-order chi connectivity index (χ1) is 18.3. The minimum Gasteiger partial charge on any atom is -0.405 e. The van der Waals surface area contributed by atoms with Crippen molar-refractivity contribution in [2.45, 2.75) is 112 Å². The lowest BCUT2D eigenvalue weighted by atomic mass is 9.66. The Morgan fingerprint density at radius 2 is 1.10 bits per heavy atom. The maximum absolute atomic E-state index is 4.18. The summed E-state index contributed by atoms with van der Waals surface area (Å²) in [6.45, 7) is 25.3. The molecule has 208 valence electrons. The first kappa shape index (κ1) is 29.3. The van der Waals surface area contributed by atoms with Crippen molar-refractivity contribution >= 4 is 23.8 Å². The Bertz CT molecular complexity index is 1230. The second-order valence-corrected chi connectivity index (χ2v) is 13.6. The second-order valence-electron chi connectivity index (χ2n) is 13.6. The molecule has 4 rings (SSSR count). The zero-order valence-electron chi connectivity index (χ0n) is 26.2. The average Bonchev–Trinajstić information content (AvgIpc) is 3.14. The Labute approximate surface area is 238 Å². The Morgan fingerprint density at radius 3 is 1.56 bits per heavy atom. The average molecular weight is 524 g/mol. The number of nitrogens with zero attached hydrogens (tertiary/aromatic N) is 1. The van der Waals surface area contributed by atoms with Gasteiger partial charge in [0.1, 0.15) is 0 Å². The van der Waals surface area contributed by atoms with Crippen LogP contribution in [0.5, 0.6) is 0 Å². The molecule has 3 aromatic carbocycles. The van der Waals surface area contributed by atoms with E-state index in [9.17, 15) is 0 Å². The Hall–Kier alpha value is -2.72. The van der Waals surface area contributed by atoms with Gasteiger partial charge in [-0.05, 0) is 77.7 Å². The molecule has 1 aliphatic heterocycles. The monoisotopic (exact) mass is 523 g/mol. The predicted molar refractivity (Wildman–Crippen MR) is 173 cm³/mol. The van der Waals surface area contributed by atoms with Crippen molar-refractivity contribution < 1.29 is 0 Å². The molecule has 0 saturated carbocycles. The van der Waals surface area contributed by atoms with E-state index in [-0.39, 0.29) is 18.7 Å². The van der Waals surface area contributed by atoms with E-state index in [2.05, 4.69) is 152 Å². The van der Waals surface area contributed by atoms with Gasteiger partial charge in [-0.3, -0.25) is 5.32 Å². The van der Waals surface area contributed by atoms with E-state index in [1.54, 1.807) is 0 Å². The summed E-state index contributed by atoms with van der Waals surface area (Å²) < 4.78 is 0. The summed E-state index contributed by atoms with van der Waals surface area (Å²) in [5.41, 5.74) is 10.9. The number of para-hydroxylation sites is 2. The Kier molecular flexibility index (Phi) is 8.57. The molecule has 3 aromatic rings. The number of hydrogen-bond acceptors (Lipinski definition) is 3. The molecule has 2 N–H and O–H groups in total. The molecule has 0 aromatic heterocycles. The minimum absolute atomic E-state index is 0.00384. The number of benzene rings is 3. The molecule has 1 aliphatic rings. The van der Waals surface area contributed by atoms with Crippen LogP contribution in [0, 0.1) is 0 Å². The van der Waals surface area contributed by atoms with Gasteiger partial charge < -0.3 is 10.0 Å². The van der Waals surface area contributed by atoms with Crippen LogP contribution in [0.2, 0.25) is 0 Å². The fourth-order valence-corrected chi connectivity index (χ4v) is 6.08. The van der Waals surface area contributed by atoms with Gasteiger partial charge >= 0.3 is 6.98 Å². The first-order valence-corrected chi connectivity index (χ1v) is 15.0. The van der Waals surface area contributed by atoms with Crippen LogP contribution >= 0.6 is 0 Å². The quantitative estimate of drug-likeness (QED) is 0.289. The number of hydrogen-bond donors (Lipinski definition) is 2. The molecule has 3 nitrogen and oxygen atoms in total.